The standard InChI is InChI=1S/C10H7FN2/c11-8-4-6-13-10(7-8)9-3-1-2-5-12-9/h1-7H. The molecule has 13 heavy (non-hydrogen) atoms. The second-order valence-electron chi connectivity index (χ2n) is 2.57. The maximum atomic E-state index is 12.8. The predicted molar refractivity (Wildman–Crippen MR) is 47.4 cm³/mol. The van der Waals surface area contributed by atoms with Gasteiger partial charge in [0.2, 0.25) is 0 Å². The van der Waals surface area contributed by atoms with E-state index in [1.807, 2.05) is 12.1 Å². The van der Waals surface area contributed by atoms with Crippen LogP contribution in [-0.2, 0) is 0 Å². The molecule has 0 aliphatic rings. The van der Waals surface area contributed by atoms with E-state index in [2.05, 4.69) is 9.97 Å². The molecule has 0 saturated carbocycles. The van der Waals surface area contributed by atoms with E-state index < -0.39 is 0 Å². The zero-order chi connectivity index (χ0) is 9.10. The summed E-state index contributed by atoms with van der Waals surface area (Å²) in [6, 6.07) is 8.12. The van der Waals surface area contributed by atoms with Gasteiger partial charge in [-0.2, -0.15) is 0 Å². The average molecular weight is 174 g/mol. The molecule has 0 aliphatic heterocycles. The van der Waals surface area contributed by atoms with E-state index in [0.717, 1.165) is 0 Å². The molecule has 3 heteroatoms. The first-order chi connectivity index (χ1) is 6.36. The van der Waals surface area contributed by atoms with Gasteiger partial charge in [0.15, 0.2) is 0 Å². The summed E-state index contributed by atoms with van der Waals surface area (Å²) in [6.45, 7) is 0. The maximum Gasteiger partial charge on any atom is 0.126 e. The van der Waals surface area contributed by atoms with Gasteiger partial charge in [-0.1, -0.05) is 6.07 Å². The number of rotatable bonds is 1. The summed E-state index contributed by atoms with van der Waals surface area (Å²) in [5, 5.41) is 0. The zero-order valence-corrected chi connectivity index (χ0v) is 6.81. The molecule has 0 aliphatic carbocycles. The van der Waals surface area contributed by atoms with Gasteiger partial charge in [0.25, 0.3) is 0 Å². The van der Waals surface area contributed by atoms with Crippen molar-refractivity contribution in [2.24, 2.45) is 0 Å². The highest BCUT2D eigenvalue weighted by Crippen LogP contribution is 2.13. The molecule has 0 saturated heterocycles. The van der Waals surface area contributed by atoms with Crippen LogP contribution in [-0.4, -0.2) is 9.97 Å². The van der Waals surface area contributed by atoms with Gasteiger partial charge in [-0.3, -0.25) is 9.97 Å². The van der Waals surface area contributed by atoms with Crippen LogP contribution in [0.1, 0.15) is 0 Å². The third-order valence-corrected chi connectivity index (χ3v) is 1.65. The smallest absolute Gasteiger partial charge is 0.126 e. The van der Waals surface area contributed by atoms with E-state index in [1.165, 1.54) is 18.3 Å². The first-order valence-electron chi connectivity index (χ1n) is 3.89. The fourth-order valence-electron chi connectivity index (χ4n) is 1.06. The van der Waals surface area contributed by atoms with Crippen molar-refractivity contribution < 1.29 is 4.39 Å². The van der Waals surface area contributed by atoms with Crippen LogP contribution in [0, 0.1) is 5.82 Å². The normalized spacial score (nSPS) is 9.92. The van der Waals surface area contributed by atoms with Crippen LogP contribution >= 0.6 is 0 Å². The summed E-state index contributed by atoms with van der Waals surface area (Å²) >= 11 is 0. The lowest BCUT2D eigenvalue weighted by Crippen LogP contribution is -1.86. The van der Waals surface area contributed by atoms with E-state index in [9.17, 15) is 4.39 Å². The van der Waals surface area contributed by atoms with Crippen LogP contribution in [0.25, 0.3) is 11.4 Å². The molecule has 0 atom stereocenters. The van der Waals surface area contributed by atoms with Crippen molar-refractivity contribution in [2.75, 3.05) is 0 Å². The van der Waals surface area contributed by atoms with Gasteiger partial charge in [-0.05, 0) is 18.2 Å². The van der Waals surface area contributed by atoms with E-state index in [4.69, 9.17) is 0 Å². The quantitative estimate of drug-likeness (QED) is 0.662. The highest BCUT2D eigenvalue weighted by molar-refractivity contribution is 5.52. The summed E-state index contributed by atoms with van der Waals surface area (Å²) in [5.74, 6) is -0.296. The highest BCUT2D eigenvalue weighted by Gasteiger charge is 1.99. The molecule has 2 aromatic heterocycles. The van der Waals surface area contributed by atoms with Crippen molar-refractivity contribution in [3.8, 4) is 11.4 Å². The molecule has 0 bridgehead atoms. The molecule has 0 amide bonds. The lowest BCUT2D eigenvalue weighted by Gasteiger charge is -1.97. The molecule has 0 aromatic carbocycles. The molecule has 2 nitrogen and oxygen atoms in total. The monoisotopic (exact) mass is 174 g/mol. The lowest BCUT2D eigenvalue weighted by atomic mass is 10.2. The van der Waals surface area contributed by atoms with Crippen LogP contribution in [0.4, 0.5) is 4.39 Å². The van der Waals surface area contributed by atoms with Crippen LogP contribution in [0.15, 0.2) is 42.7 Å². The highest BCUT2D eigenvalue weighted by atomic mass is 19.1. The molecule has 2 aromatic rings. The number of aromatic nitrogens is 2. The summed E-state index contributed by atoms with van der Waals surface area (Å²) < 4.78 is 12.8. The molecule has 0 N–H and O–H groups in total. The van der Waals surface area contributed by atoms with Crippen molar-refractivity contribution in [3.05, 3.63) is 48.5 Å². The van der Waals surface area contributed by atoms with Crippen LogP contribution in [0.2, 0.25) is 0 Å². The predicted octanol–water partition coefficient (Wildman–Crippen LogP) is 2.28. The molecular weight excluding hydrogens is 167 g/mol. The van der Waals surface area contributed by atoms with Crippen LogP contribution < -0.4 is 0 Å². The summed E-state index contributed by atoms with van der Waals surface area (Å²) in [6.07, 6.45) is 3.08. The maximum absolute atomic E-state index is 12.8. The fourth-order valence-corrected chi connectivity index (χ4v) is 1.06. The summed E-state index contributed by atoms with van der Waals surface area (Å²) in [5.41, 5.74) is 1.24. The molecule has 64 valence electrons. The molecule has 0 unspecified atom stereocenters. The van der Waals surface area contributed by atoms with Crippen LogP contribution in [0.5, 0.6) is 0 Å². The van der Waals surface area contributed by atoms with Crippen molar-refractivity contribution in [1.29, 1.82) is 0 Å². The summed E-state index contributed by atoms with van der Waals surface area (Å²) in [7, 11) is 0. The van der Waals surface area contributed by atoms with E-state index in [-0.39, 0.29) is 5.82 Å². The average Bonchev–Trinajstić information content (AvgIpc) is 2.19. The van der Waals surface area contributed by atoms with Gasteiger partial charge >= 0.3 is 0 Å². The Morgan fingerprint density at radius 2 is 1.77 bits per heavy atom. The molecular formula is C10H7FN2. The van der Waals surface area contributed by atoms with Crippen LogP contribution in [0.3, 0.4) is 0 Å². The van der Waals surface area contributed by atoms with Crippen molar-refractivity contribution in [3.63, 3.8) is 0 Å². The number of hydrogen-bond donors (Lipinski definition) is 0. The van der Waals surface area contributed by atoms with Gasteiger partial charge in [-0.25, -0.2) is 4.39 Å². The molecule has 0 fully saturated rings. The van der Waals surface area contributed by atoms with Crippen molar-refractivity contribution >= 4 is 0 Å². The molecule has 2 rings (SSSR count). The SMILES string of the molecule is Fc1ccnc(-c2ccccn2)c1. The molecule has 0 spiro atoms. The van der Waals surface area contributed by atoms with E-state index >= 15 is 0 Å². The Labute approximate surface area is 75.1 Å². The first-order valence-corrected chi connectivity index (χ1v) is 3.89. The minimum absolute atomic E-state index is 0.296. The van der Waals surface area contributed by atoms with Crippen molar-refractivity contribution in [1.82, 2.24) is 9.97 Å². The molecule has 2 heterocycles. The number of pyridine rings is 2. The lowest BCUT2D eigenvalue weighted by molar-refractivity contribution is 0.626. The topological polar surface area (TPSA) is 25.8 Å². The Morgan fingerprint density at radius 1 is 0.923 bits per heavy atom. The van der Waals surface area contributed by atoms with Crippen molar-refractivity contribution in [2.45, 2.75) is 0 Å². The second-order valence-corrected chi connectivity index (χ2v) is 2.57. The largest absolute Gasteiger partial charge is 0.255 e. The van der Waals surface area contributed by atoms with Gasteiger partial charge in [-0.15, -0.1) is 0 Å². The number of halogens is 1. The Kier molecular flexibility index (Phi) is 2.00. The van der Waals surface area contributed by atoms with E-state index in [0.29, 0.717) is 11.4 Å². The van der Waals surface area contributed by atoms with Gasteiger partial charge in [0, 0.05) is 18.5 Å². The Morgan fingerprint density at radius 3 is 2.46 bits per heavy atom. The zero-order valence-electron chi connectivity index (χ0n) is 6.81. The third-order valence-electron chi connectivity index (χ3n) is 1.65. The minimum atomic E-state index is -0.296. The Balaban J connectivity index is 2.48. The summed E-state index contributed by atoms with van der Waals surface area (Å²) in [4.78, 5) is 8.07. The third kappa shape index (κ3) is 1.69. The first kappa shape index (κ1) is 7.86. The van der Waals surface area contributed by atoms with Gasteiger partial charge in [0.1, 0.15) is 5.82 Å². The number of hydrogen-bond acceptors (Lipinski definition) is 2. The second kappa shape index (κ2) is 3.31. The Hall–Kier alpha value is -1.77. The Bertz CT molecular complexity index is 401. The van der Waals surface area contributed by atoms with Gasteiger partial charge in [0.05, 0.1) is 11.4 Å². The van der Waals surface area contributed by atoms with Gasteiger partial charge < -0.3 is 0 Å². The van der Waals surface area contributed by atoms with E-state index in [1.54, 1.807) is 12.3 Å². The number of nitrogens with zero attached hydrogens (tertiary/aromatic N) is 2. The molecule has 0 radical (unpaired) electrons. The fraction of sp³-hybridized carbons (Fsp3) is 0. The minimum Gasteiger partial charge on any atom is -0.255 e.